The molecule has 5 rings (SSSR count). The van der Waals surface area contributed by atoms with Crippen molar-refractivity contribution in [2.24, 2.45) is 52.3 Å². The van der Waals surface area contributed by atoms with Gasteiger partial charge in [0.2, 0.25) is 0 Å². The van der Waals surface area contributed by atoms with E-state index in [9.17, 15) is 40.9 Å². The molecule has 0 radical (unpaired) electrons. The number of hydrogen-bond acceptors (Lipinski definition) is 10. The van der Waals surface area contributed by atoms with Gasteiger partial charge in [0.25, 0.3) is 0 Å². The summed E-state index contributed by atoms with van der Waals surface area (Å²) in [5.74, 6) is -0.187. The van der Waals surface area contributed by atoms with Gasteiger partial charge in [0.15, 0.2) is 6.29 Å². The molecule has 1 unspecified atom stereocenters. The van der Waals surface area contributed by atoms with Gasteiger partial charge in [-0.1, -0.05) is 41.0 Å². The predicted octanol–water partition coefficient (Wildman–Crippen LogP) is 1.57. The lowest BCUT2D eigenvalue weighted by atomic mass is 9.42. The second-order valence-corrected chi connectivity index (χ2v) is 16.3. The van der Waals surface area contributed by atoms with Crippen LogP contribution < -0.4 is 0 Å². The fourth-order valence-electron chi connectivity index (χ4n) is 11.3. The van der Waals surface area contributed by atoms with Crippen molar-refractivity contribution >= 4 is 0 Å². The van der Waals surface area contributed by atoms with E-state index in [0.717, 1.165) is 38.5 Å². The van der Waals surface area contributed by atoms with Crippen LogP contribution in [0.3, 0.4) is 0 Å². The first-order valence-corrected chi connectivity index (χ1v) is 17.3. The lowest BCUT2D eigenvalue weighted by Crippen LogP contribution is -2.68. The zero-order chi connectivity index (χ0) is 32.4. The summed E-state index contributed by atoms with van der Waals surface area (Å²) in [6.45, 7) is 10.7. The van der Waals surface area contributed by atoms with Gasteiger partial charge < -0.3 is 50.3 Å². The van der Waals surface area contributed by atoms with Crippen molar-refractivity contribution in [1.29, 1.82) is 0 Å². The Morgan fingerprint density at radius 1 is 0.841 bits per heavy atom. The summed E-state index contributed by atoms with van der Waals surface area (Å²) in [6, 6.07) is 0. The molecule has 10 heteroatoms. The van der Waals surface area contributed by atoms with E-state index in [1.165, 1.54) is 0 Å². The number of fused-ring (bicyclic) bond motifs is 5. The van der Waals surface area contributed by atoms with Crippen LogP contribution >= 0.6 is 0 Å². The first-order valence-electron chi connectivity index (χ1n) is 17.3. The third kappa shape index (κ3) is 5.71. The van der Waals surface area contributed by atoms with Gasteiger partial charge >= 0.3 is 0 Å². The van der Waals surface area contributed by atoms with Crippen molar-refractivity contribution in [1.82, 2.24) is 0 Å². The molecule has 10 nitrogen and oxygen atoms in total. The minimum atomic E-state index is -1.29. The molecule has 4 aliphatic carbocycles. The molecule has 256 valence electrons. The van der Waals surface area contributed by atoms with Crippen molar-refractivity contribution in [2.45, 2.75) is 147 Å². The molecular formula is C34H60O10. The molecule has 0 amide bonds. The molecule has 17 atom stereocenters. The zero-order valence-electron chi connectivity index (χ0n) is 27.3. The van der Waals surface area contributed by atoms with Crippen LogP contribution in [0.2, 0.25) is 0 Å². The minimum absolute atomic E-state index is 0.0825. The Bertz CT molecular complexity index is 982. The molecule has 8 N–H and O–H groups in total. The highest BCUT2D eigenvalue weighted by Gasteiger charge is 2.72. The first-order chi connectivity index (χ1) is 20.6. The summed E-state index contributed by atoms with van der Waals surface area (Å²) in [5.41, 5.74) is -2.11. The van der Waals surface area contributed by atoms with E-state index in [4.69, 9.17) is 9.47 Å². The highest BCUT2D eigenvalue weighted by Crippen LogP contribution is 2.69. The van der Waals surface area contributed by atoms with Crippen LogP contribution in [-0.4, -0.2) is 109 Å². The fraction of sp³-hybridized carbons (Fsp3) is 1.00. The number of ether oxygens (including phenoxy) is 2. The summed E-state index contributed by atoms with van der Waals surface area (Å²) >= 11 is 0. The standard InChI is InChI=1S/C34H60O10/c1-17(2)19(10-13-43-31-29(41)26(38)23(16-35)44-31)7-6-18(3)25-27(39)28(40)30-33(25,5)12-9-24-32(4)11-8-20(36)14-21(32)22(37)15-34(24,30)42/h17-31,35-42H,6-16H2,1-5H3/t18-,19?,20+,21-,22+,23+,24-,25+,26+,27-,28+,29-,30-,31-,32+,33-,34+/m1/s1. The van der Waals surface area contributed by atoms with Gasteiger partial charge in [-0.3, -0.25) is 0 Å². The number of aliphatic hydroxyl groups excluding tert-OH is 7. The lowest BCUT2D eigenvalue weighted by molar-refractivity contribution is -0.264. The van der Waals surface area contributed by atoms with E-state index in [1.807, 2.05) is 0 Å². The van der Waals surface area contributed by atoms with E-state index >= 15 is 0 Å². The topological polar surface area (TPSA) is 180 Å². The SMILES string of the molecule is CC(C)C(CCO[C@@H]1O[C@@H](CO)[C@H](O)[C@H]1O)CC[C@@H](C)[C@H]1[C@@H](O)[C@H](O)[C@@H]2[C@]1(C)CC[C@@H]1[C@@]3(C)CC[C@H](O)C[C@@H]3[C@@H](O)C[C@]12O. The van der Waals surface area contributed by atoms with Gasteiger partial charge in [-0.05, 0) is 91.3 Å². The maximum absolute atomic E-state index is 12.5. The van der Waals surface area contributed by atoms with Crippen LogP contribution in [0.4, 0.5) is 0 Å². The van der Waals surface area contributed by atoms with Crippen molar-refractivity contribution in [2.75, 3.05) is 13.2 Å². The molecule has 5 fully saturated rings. The maximum Gasteiger partial charge on any atom is 0.186 e. The third-order valence-electron chi connectivity index (χ3n) is 13.6. The van der Waals surface area contributed by atoms with Crippen molar-refractivity contribution in [3.05, 3.63) is 0 Å². The molecule has 0 aromatic carbocycles. The molecule has 44 heavy (non-hydrogen) atoms. The molecule has 0 aromatic heterocycles. The molecule has 1 heterocycles. The summed E-state index contributed by atoms with van der Waals surface area (Å²) in [6.07, 6.45) is -1.37. The van der Waals surface area contributed by atoms with Crippen LogP contribution in [-0.2, 0) is 9.47 Å². The van der Waals surface area contributed by atoms with Gasteiger partial charge in [-0.25, -0.2) is 0 Å². The number of hydrogen-bond donors (Lipinski definition) is 8. The molecular weight excluding hydrogens is 568 g/mol. The summed E-state index contributed by atoms with van der Waals surface area (Å²) in [7, 11) is 0. The molecule has 0 aromatic rings. The molecule has 1 aliphatic heterocycles. The summed E-state index contributed by atoms with van der Waals surface area (Å²) < 4.78 is 11.2. The fourth-order valence-corrected chi connectivity index (χ4v) is 11.3. The van der Waals surface area contributed by atoms with Gasteiger partial charge in [0.1, 0.15) is 18.3 Å². The van der Waals surface area contributed by atoms with E-state index in [-0.39, 0.29) is 35.5 Å². The Labute approximate surface area is 262 Å². The Morgan fingerprint density at radius 3 is 2.16 bits per heavy atom. The van der Waals surface area contributed by atoms with E-state index < -0.39 is 72.6 Å². The number of aliphatic hydroxyl groups is 8. The quantitative estimate of drug-likeness (QED) is 0.177. The molecule has 5 aliphatic rings. The van der Waals surface area contributed by atoms with Crippen molar-refractivity contribution in [3.63, 3.8) is 0 Å². The zero-order valence-corrected chi connectivity index (χ0v) is 27.3. The first kappa shape index (κ1) is 34.9. The van der Waals surface area contributed by atoms with Crippen molar-refractivity contribution < 1.29 is 50.3 Å². The predicted molar refractivity (Wildman–Crippen MR) is 162 cm³/mol. The Kier molecular flexibility index (Phi) is 10.2. The maximum atomic E-state index is 12.5. The lowest BCUT2D eigenvalue weighted by Gasteiger charge is -2.65. The van der Waals surface area contributed by atoms with Crippen LogP contribution in [0.15, 0.2) is 0 Å². The highest BCUT2D eigenvalue weighted by atomic mass is 16.7. The van der Waals surface area contributed by atoms with Gasteiger partial charge in [0.05, 0.1) is 43.2 Å². The highest BCUT2D eigenvalue weighted by molar-refractivity contribution is 5.21. The third-order valence-corrected chi connectivity index (χ3v) is 13.6. The van der Waals surface area contributed by atoms with Crippen LogP contribution in [0, 0.1) is 52.3 Å². The Morgan fingerprint density at radius 2 is 1.52 bits per heavy atom. The molecule has 4 saturated carbocycles. The van der Waals surface area contributed by atoms with Gasteiger partial charge in [-0.15, -0.1) is 0 Å². The van der Waals surface area contributed by atoms with Gasteiger partial charge in [-0.2, -0.15) is 0 Å². The molecule has 1 saturated heterocycles. The second-order valence-electron chi connectivity index (χ2n) is 16.3. The van der Waals surface area contributed by atoms with Crippen molar-refractivity contribution in [3.8, 4) is 0 Å². The monoisotopic (exact) mass is 628 g/mol. The van der Waals surface area contributed by atoms with Crippen LogP contribution in [0.25, 0.3) is 0 Å². The van der Waals surface area contributed by atoms with E-state index in [0.29, 0.717) is 31.3 Å². The smallest absolute Gasteiger partial charge is 0.186 e. The Hall–Kier alpha value is -0.400. The number of rotatable bonds is 10. The molecule has 0 bridgehead atoms. The second kappa shape index (κ2) is 12.9. The Balaban J connectivity index is 1.25. The average Bonchev–Trinajstić information content (AvgIpc) is 3.34. The minimum Gasteiger partial charge on any atom is -0.394 e. The normalized spacial score (nSPS) is 52.0. The molecule has 0 spiro atoms. The van der Waals surface area contributed by atoms with Crippen LogP contribution in [0.1, 0.15) is 92.4 Å². The van der Waals surface area contributed by atoms with Gasteiger partial charge in [0, 0.05) is 12.3 Å². The van der Waals surface area contributed by atoms with E-state index in [2.05, 4.69) is 34.6 Å². The summed E-state index contributed by atoms with van der Waals surface area (Å²) in [4.78, 5) is 0. The summed E-state index contributed by atoms with van der Waals surface area (Å²) in [5, 5.41) is 87.0. The largest absolute Gasteiger partial charge is 0.394 e. The van der Waals surface area contributed by atoms with E-state index in [1.54, 1.807) is 0 Å². The van der Waals surface area contributed by atoms with Crippen LogP contribution in [0.5, 0.6) is 0 Å². The average molecular weight is 629 g/mol.